The number of ether oxygens (including phenoxy) is 1. The molecule has 0 radical (unpaired) electrons. The molecule has 2 N–H and O–H groups in total. The number of hydrogen-bond acceptors (Lipinski definition) is 3. The Kier molecular flexibility index (Phi) is 4.94. The molecule has 0 aromatic heterocycles. The van der Waals surface area contributed by atoms with Crippen LogP contribution >= 0.6 is 0 Å². The smallest absolute Gasteiger partial charge is 0.0708 e. The molecule has 1 heterocycles. The topological polar surface area (TPSA) is 41.5 Å². The molecule has 0 bridgehead atoms. The fourth-order valence-electron chi connectivity index (χ4n) is 3.82. The molecule has 3 nitrogen and oxygen atoms in total. The fourth-order valence-corrected chi connectivity index (χ4v) is 3.82. The summed E-state index contributed by atoms with van der Waals surface area (Å²) in [6, 6.07) is 8.12. The highest BCUT2D eigenvalue weighted by Crippen LogP contribution is 2.41. The zero-order valence-electron chi connectivity index (χ0n) is 12.8. The maximum Gasteiger partial charge on any atom is 0.0708 e. The molecule has 1 aromatic carbocycles. The maximum absolute atomic E-state index is 9.16. The molecule has 3 rings (SSSR count). The van der Waals surface area contributed by atoms with Gasteiger partial charge in [-0.2, -0.15) is 0 Å². The first-order valence-corrected chi connectivity index (χ1v) is 8.37. The van der Waals surface area contributed by atoms with Crippen molar-refractivity contribution < 1.29 is 9.84 Å². The van der Waals surface area contributed by atoms with Crippen LogP contribution in [0.25, 0.3) is 0 Å². The summed E-state index contributed by atoms with van der Waals surface area (Å²) in [4.78, 5) is 0. The monoisotopic (exact) mass is 289 g/mol. The molecule has 1 aliphatic carbocycles. The van der Waals surface area contributed by atoms with Crippen molar-refractivity contribution in [1.29, 1.82) is 0 Å². The minimum absolute atomic E-state index is 0.113. The van der Waals surface area contributed by atoms with Gasteiger partial charge in [-0.25, -0.2) is 0 Å². The van der Waals surface area contributed by atoms with E-state index in [1.54, 1.807) is 0 Å². The van der Waals surface area contributed by atoms with E-state index in [0.29, 0.717) is 6.10 Å². The van der Waals surface area contributed by atoms with Crippen molar-refractivity contribution in [2.75, 3.05) is 6.54 Å². The third-order valence-electron chi connectivity index (χ3n) is 4.98. The first-order chi connectivity index (χ1) is 10.3. The van der Waals surface area contributed by atoms with Crippen molar-refractivity contribution in [3.05, 3.63) is 35.4 Å². The van der Waals surface area contributed by atoms with Crippen LogP contribution in [-0.2, 0) is 17.9 Å². The van der Waals surface area contributed by atoms with Gasteiger partial charge in [-0.3, -0.25) is 0 Å². The lowest BCUT2D eigenvalue weighted by atomic mass is 9.83. The lowest BCUT2D eigenvalue weighted by Crippen LogP contribution is -2.34. The number of aliphatic hydroxyl groups excluding tert-OH is 1. The average molecular weight is 289 g/mol. The molecular weight excluding hydrogens is 262 g/mol. The third-order valence-corrected chi connectivity index (χ3v) is 4.98. The fraction of sp³-hybridized carbons (Fsp3) is 0.667. The largest absolute Gasteiger partial charge is 0.392 e. The summed E-state index contributed by atoms with van der Waals surface area (Å²) >= 11 is 0. The minimum Gasteiger partial charge on any atom is -0.392 e. The van der Waals surface area contributed by atoms with Gasteiger partial charge in [0.1, 0.15) is 0 Å². The molecule has 1 aromatic rings. The quantitative estimate of drug-likeness (QED) is 0.875. The van der Waals surface area contributed by atoms with E-state index < -0.39 is 0 Å². The van der Waals surface area contributed by atoms with Gasteiger partial charge in [0.2, 0.25) is 0 Å². The highest BCUT2D eigenvalue weighted by atomic mass is 16.5. The zero-order valence-corrected chi connectivity index (χ0v) is 12.8. The molecule has 2 aliphatic rings. The van der Waals surface area contributed by atoms with Crippen molar-refractivity contribution in [2.45, 2.75) is 69.8 Å². The van der Waals surface area contributed by atoms with Crippen molar-refractivity contribution in [2.24, 2.45) is 0 Å². The van der Waals surface area contributed by atoms with E-state index in [1.165, 1.54) is 50.5 Å². The zero-order chi connectivity index (χ0) is 14.5. The summed E-state index contributed by atoms with van der Waals surface area (Å²) < 4.78 is 6.37. The number of benzene rings is 1. The highest BCUT2D eigenvalue weighted by molar-refractivity contribution is 5.22. The SMILES string of the molecule is OCc1cccc(CNCC2CCC3(CCCCC3)O2)c1. The third kappa shape index (κ3) is 3.85. The lowest BCUT2D eigenvalue weighted by molar-refractivity contribution is -0.0624. The Morgan fingerprint density at radius 3 is 2.76 bits per heavy atom. The second-order valence-electron chi connectivity index (χ2n) is 6.63. The molecular formula is C18H27NO2. The number of nitrogens with one attached hydrogen (secondary N) is 1. The van der Waals surface area contributed by atoms with Gasteiger partial charge < -0.3 is 15.2 Å². The van der Waals surface area contributed by atoms with E-state index >= 15 is 0 Å². The Hall–Kier alpha value is -0.900. The van der Waals surface area contributed by atoms with Crippen LogP contribution in [0.3, 0.4) is 0 Å². The molecule has 116 valence electrons. The lowest BCUT2D eigenvalue weighted by Gasteiger charge is -2.33. The Labute approximate surface area is 127 Å². The molecule has 21 heavy (non-hydrogen) atoms. The first kappa shape index (κ1) is 15.0. The van der Waals surface area contributed by atoms with E-state index in [4.69, 9.17) is 9.84 Å². The van der Waals surface area contributed by atoms with Gasteiger partial charge in [0, 0.05) is 13.1 Å². The van der Waals surface area contributed by atoms with Gasteiger partial charge in [0.05, 0.1) is 18.3 Å². The normalized spacial score (nSPS) is 24.5. The Morgan fingerprint density at radius 2 is 1.95 bits per heavy atom. The van der Waals surface area contributed by atoms with E-state index in [9.17, 15) is 0 Å². The predicted octanol–water partition coefficient (Wildman–Crippen LogP) is 3.15. The van der Waals surface area contributed by atoms with Gasteiger partial charge in [-0.05, 0) is 36.8 Å². The van der Waals surface area contributed by atoms with Crippen LogP contribution in [0.2, 0.25) is 0 Å². The van der Waals surface area contributed by atoms with Gasteiger partial charge in [-0.1, -0.05) is 43.5 Å². The van der Waals surface area contributed by atoms with Crippen LogP contribution in [0.1, 0.15) is 56.1 Å². The summed E-state index contributed by atoms with van der Waals surface area (Å²) in [6.07, 6.45) is 9.42. The van der Waals surface area contributed by atoms with E-state index in [2.05, 4.69) is 17.4 Å². The summed E-state index contributed by atoms with van der Waals surface area (Å²) in [6.45, 7) is 1.90. The number of rotatable bonds is 5. The van der Waals surface area contributed by atoms with Crippen molar-refractivity contribution in [3.63, 3.8) is 0 Å². The standard InChI is InChI=1S/C18H27NO2/c20-14-16-6-4-5-15(11-16)12-19-13-17-7-10-18(21-17)8-2-1-3-9-18/h4-6,11,17,19-20H,1-3,7-10,12-14H2. The van der Waals surface area contributed by atoms with E-state index in [-0.39, 0.29) is 12.2 Å². The summed E-state index contributed by atoms with van der Waals surface area (Å²) in [7, 11) is 0. The van der Waals surface area contributed by atoms with Crippen molar-refractivity contribution >= 4 is 0 Å². The molecule has 1 atom stereocenters. The first-order valence-electron chi connectivity index (χ1n) is 8.37. The molecule has 1 unspecified atom stereocenters. The van der Waals surface area contributed by atoms with Crippen LogP contribution < -0.4 is 5.32 Å². The van der Waals surface area contributed by atoms with Gasteiger partial charge >= 0.3 is 0 Å². The van der Waals surface area contributed by atoms with Crippen LogP contribution in [0, 0.1) is 0 Å². The molecule has 1 aliphatic heterocycles. The Bertz CT molecular complexity index is 454. The molecule has 1 saturated carbocycles. The van der Waals surface area contributed by atoms with Crippen LogP contribution in [-0.4, -0.2) is 23.4 Å². The molecule has 0 amide bonds. The molecule has 1 spiro atoms. The summed E-state index contributed by atoms with van der Waals surface area (Å²) in [5.74, 6) is 0. The van der Waals surface area contributed by atoms with Crippen LogP contribution in [0.15, 0.2) is 24.3 Å². The van der Waals surface area contributed by atoms with Gasteiger partial charge in [0.15, 0.2) is 0 Å². The summed E-state index contributed by atoms with van der Waals surface area (Å²) in [5, 5.41) is 12.7. The van der Waals surface area contributed by atoms with Crippen molar-refractivity contribution in [3.8, 4) is 0 Å². The molecule has 2 fully saturated rings. The number of hydrogen-bond donors (Lipinski definition) is 2. The van der Waals surface area contributed by atoms with E-state index in [1.807, 2.05) is 12.1 Å². The highest BCUT2D eigenvalue weighted by Gasteiger charge is 2.40. The van der Waals surface area contributed by atoms with Crippen LogP contribution in [0.5, 0.6) is 0 Å². The second-order valence-corrected chi connectivity index (χ2v) is 6.63. The van der Waals surface area contributed by atoms with Gasteiger partial charge in [0.25, 0.3) is 0 Å². The van der Waals surface area contributed by atoms with Gasteiger partial charge in [-0.15, -0.1) is 0 Å². The number of aliphatic hydroxyl groups is 1. The second kappa shape index (κ2) is 6.91. The van der Waals surface area contributed by atoms with Crippen molar-refractivity contribution in [1.82, 2.24) is 5.32 Å². The van der Waals surface area contributed by atoms with Crippen LogP contribution in [0.4, 0.5) is 0 Å². The van der Waals surface area contributed by atoms with E-state index in [0.717, 1.165) is 18.7 Å². The minimum atomic E-state index is 0.113. The maximum atomic E-state index is 9.16. The Morgan fingerprint density at radius 1 is 1.14 bits per heavy atom. The molecule has 1 saturated heterocycles. The molecule has 3 heteroatoms. The average Bonchev–Trinajstić information content (AvgIpc) is 2.91. The predicted molar refractivity (Wildman–Crippen MR) is 84.0 cm³/mol. The Balaban J connectivity index is 1.43. The summed E-state index contributed by atoms with van der Waals surface area (Å²) in [5.41, 5.74) is 2.43.